The first kappa shape index (κ1) is 15.5. The van der Waals surface area contributed by atoms with Gasteiger partial charge in [0.05, 0.1) is 13.1 Å². The molecule has 23 heavy (non-hydrogen) atoms. The Bertz CT molecular complexity index is 685. The second-order valence-corrected chi connectivity index (χ2v) is 5.42. The van der Waals surface area contributed by atoms with Crippen LogP contribution in [0.15, 0.2) is 28.8 Å². The molecule has 0 saturated carbocycles. The van der Waals surface area contributed by atoms with Gasteiger partial charge in [-0.25, -0.2) is 4.79 Å². The SMILES string of the molecule is CCc1noc(CN[C@H](C)c2cccc(N3CCOC3=O)c2)n1. The summed E-state index contributed by atoms with van der Waals surface area (Å²) in [6.07, 6.45) is 0.466. The van der Waals surface area contributed by atoms with Crippen molar-refractivity contribution >= 4 is 11.8 Å². The van der Waals surface area contributed by atoms with Gasteiger partial charge in [-0.2, -0.15) is 4.98 Å². The fourth-order valence-electron chi connectivity index (χ4n) is 2.45. The zero-order valence-corrected chi connectivity index (χ0v) is 13.3. The first-order chi connectivity index (χ1) is 11.2. The number of rotatable bonds is 6. The molecular formula is C16H20N4O3. The minimum Gasteiger partial charge on any atom is -0.447 e. The van der Waals surface area contributed by atoms with Crippen LogP contribution in [0.1, 0.15) is 37.2 Å². The third-order valence-electron chi connectivity index (χ3n) is 3.83. The Morgan fingerprint density at radius 3 is 3.00 bits per heavy atom. The number of ether oxygens (including phenoxy) is 1. The number of aromatic nitrogens is 2. The maximum Gasteiger partial charge on any atom is 0.414 e. The van der Waals surface area contributed by atoms with Gasteiger partial charge in [0.2, 0.25) is 5.89 Å². The van der Waals surface area contributed by atoms with E-state index in [1.807, 2.05) is 31.2 Å². The van der Waals surface area contributed by atoms with Crippen LogP contribution >= 0.6 is 0 Å². The zero-order valence-electron chi connectivity index (χ0n) is 13.3. The molecule has 1 N–H and O–H groups in total. The van der Waals surface area contributed by atoms with E-state index in [1.165, 1.54) is 0 Å². The standard InChI is InChI=1S/C16H20N4O3/c1-3-14-18-15(23-19-14)10-17-11(2)12-5-4-6-13(9-12)20-7-8-22-16(20)21/h4-6,9,11,17H,3,7-8,10H2,1-2H3/t11-/m1/s1. The molecule has 1 aromatic heterocycles. The van der Waals surface area contributed by atoms with Gasteiger partial charge >= 0.3 is 6.09 Å². The molecule has 2 heterocycles. The number of nitrogens with one attached hydrogen (secondary N) is 1. The van der Waals surface area contributed by atoms with Crippen LogP contribution in [-0.4, -0.2) is 29.4 Å². The van der Waals surface area contributed by atoms with E-state index in [0.717, 1.165) is 17.7 Å². The molecule has 1 aliphatic rings. The summed E-state index contributed by atoms with van der Waals surface area (Å²) in [5, 5.41) is 7.23. The first-order valence-corrected chi connectivity index (χ1v) is 7.76. The monoisotopic (exact) mass is 316 g/mol. The lowest BCUT2D eigenvalue weighted by atomic mass is 10.1. The number of aryl methyl sites for hydroxylation is 1. The molecule has 0 bridgehead atoms. The molecule has 1 fully saturated rings. The van der Waals surface area contributed by atoms with Gasteiger partial charge in [-0.3, -0.25) is 4.90 Å². The van der Waals surface area contributed by atoms with Crippen LogP contribution in [0.3, 0.4) is 0 Å². The number of carbonyl (C=O) groups excluding carboxylic acids is 1. The van der Waals surface area contributed by atoms with E-state index in [-0.39, 0.29) is 12.1 Å². The fraction of sp³-hybridized carbons (Fsp3) is 0.438. The van der Waals surface area contributed by atoms with Gasteiger partial charge in [0.25, 0.3) is 0 Å². The Labute approximate surface area is 134 Å². The second kappa shape index (κ2) is 6.78. The molecule has 3 rings (SSSR count). The molecule has 0 radical (unpaired) electrons. The van der Waals surface area contributed by atoms with Crippen molar-refractivity contribution in [3.8, 4) is 0 Å². The van der Waals surface area contributed by atoms with Crippen molar-refractivity contribution in [1.29, 1.82) is 0 Å². The van der Waals surface area contributed by atoms with Crippen molar-refractivity contribution < 1.29 is 14.1 Å². The van der Waals surface area contributed by atoms with E-state index in [9.17, 15) is 4.79 Å². The van der Waals surface area contributed by atoms with Crippen molar-refractivity contribution in [3.05, 3.63) is 41.5 Å². The molecule has 0 spiro atoms. The van der Waals surface area contributed by atoms with Crippen molar-refractivity contribution in [2.45, 2.75) is 32.9 Å². The highest BCUT2D eigenvalue weighted by Crippen LogP contribution is 2.23. The van der Waals surface area contributed by atoms with Gasteiger partial charge in [0, 0.05) is 18.2 Å². The predicted octanol–water partition coefficient (Wildman–Crippen LogP) is 2.44. The summed E-state index contributed by atoms with van der Waals surface area (Å²) in [4.78, 5) is 17.6. The Morgan fingerprint density at radius 1 is 1.43 bits per heavy atom. The third-order valence-corrected chi connectivity index (χ3v) is 3.83. The Hall–Kier alpha value is -2.41. The molecule has 0 unspecified atom stereocenters. The average Bonchev–Trinajstić information content (AvgIpc) is 3.21. The highest BCUT2D eigenvalue weighted by molar-refractivity contribution is 5.89. The Morgan fingerprint density at radius 2 is 2.30 bits per heavy atom. The maximum absolute atomic E-state index is 11.7. The highest BCUT2D eigenvalue weighted by Gasteiger charge is 2.23. The van der Waals surface area contributed by atoms with Gasteiger partial charge in [-0.05, 0) is 24.6 Å². The number of cyclic esters (lactones) is 1. The number of hydrogen-bond acceptors (Lipinski definition) is 6. The Kier molecular flexibility index (Phi) is 4.57. The van der Waals surface area contributed by atoms with E-state index >= 15 is 0 Å². The minimum absolute atomic E-state index is 0.0885. The average molecular weight is 316 g/mol. The van der Waals surface area contributed by atoms with E-state index in [0.29, 0.717) is 31.4 Å². The van der Waals surface area contributed by atoms with Gasteiger partial charge in [-0.15, -0.1) is 0 Å². The topological polar surface area (TPSA) is 80.5 Å². The molecule has 2 aromatic rings. The molecule has 122 valence electrons. The molecule has 1 aliphatic heterocycles. The number of benzene rings is 1. The number of carbonyl (C=O) groups is 1. The van der Waals surface area contributed by atoms with E-state index in [1.54, 1.807) is 4.90 Å². The molecule has 1 aromatic carbocycles. The normalized spacial score (nSPS) is 15.7. The van der Waals surface area contributed by atoms with Crippen LogP contribution in [0, 0.1) is 0 Å². The van der Waals surface area contributed by atoms with Crippen molar-refractivity contribution in [3.63, 3.8) is 0 Å². The van der Waals surface area contributed by atoms with Crippen LogP contribution in [-0.2, 0) is 17.7 Å². The molecule has 1 atom stereocenters. The van der Waals surface area contributed by atoms with Crippen molar-refractivity contribution in [2.24, 2.45) is 0 Å². The second-order valence-electron chi connectivity index (χ2n) is 5.42. The lowest BCUT2D eigenvalue weighted by Gasteiger charge is -2.17. The molecule has 1 saturated heterocycles. The van der Waals surface area contributed by atoms with Gasteiger partial charge in [0.1, 0.15) is 6.61 Å². The van der Waals surface area contributed by atoms with Crippen LogP contribution in [0.2, 0.25) is 0 Å². The number of nitrogens with zero attached hydrogens (tertiary/aromatic N) is 3. The summed E-state index contributed by atoms with van der Waals surface area (Å²) in [6, 6.07) is 7.96. The third kappa shape index (κ3) is 3.50. The molecule has 7 heteroatoms. The maximum atomic E-state index is 11.7. The number of amides is 1. The molecule has 0 aliphatic carbocycles. The fourth-order valence-corrected chi connectivity index (χ4v) is 2.45. The quantitative estimate of drug-likeness (QED) is 0.881. The first-order valence-electron chi connectivity index (χ1n) is 7.76. The largest absolute Gasteiger partial charge is 0.447 e. The summed E-state index contributed by atoms with van der Waals surface area (Å²) < 4.78 is 10.2. The smallest absolute Gasteiger partial charge is 0.414 e. The lowest BCUT2D eigenvalue weighted by Crippen LogP contribution is -2.24. The molecular weight excluding hydrogens is 296 g/mol. The summed E-state index contributed by atoms with van der Waals surface area (Å²) in [5.74, 6) is 1.29. The van der Waals surface area contributed by atoms with E-state index < -0.39 is 0 Å². The summed E-state index contributed by atoms with van der Waals surface area (Å²) >= 11 is 0. The summed E-state index contributed by atoms with van der Waals surface area (Å²) in [5.41, 5.74) is 1.93. The summed E-state index contributed by atoms with van der Waals surface area (Å²) in [6.45, 7) is 5.57. The van der Waals surface area contributed by atoms with Gasteiger partial charge in [0.15, 0.2) is 5.82 Å². The van der Waals surface area contributed by atoms with Crippen LogP contribution in [0.25, 0.3) is 0 Å². The van der Waals surface area contributed by atoms with Crippen LogP contribution < -0.4 is 10.2 Å². The van der Waals surface area contributed by atoms with E-state index in [4.69, 9.17) is 9.26 Å². The Balaban J connectivity index is 1.65. The van der Waals surface area contributed by atoms with Crippen molar-refractivity contribution in [1.82, 2.24) is 15.5 Å². The lowest BCUT2D eigenvalue weighted by molar-refractivity contribution is 0.181. The summed E-state index contributed by atoms with van der Waals surface area (Å²) in [7, 11) is 0. The van der Waals surface area contributed by atoms with Gasteiger partial charge in [-0.1, -0.05) is 24.2 Å². The number of hydrogen-bond donors (Lipinski definition) is 1. The zero-order chi connectivity index (χ0) is 16.2. The van der Waals surface area contributed by atoms with Crippen LogP contribution in [0.5, 0.6) is 0 Å². The van der Waals surface area contributed by atoms with E-state index in [2.05, 4.69) is 22.4 Å². The number of anilines is 1. The molecule has 7 nitrogen and oxygen atoms in total. The highest BCUT2D eigenvalue weighted by atomic mass is 16.6. The van der Waals surface area contributed by atoms with Crippen LogP contribution in [0.4, 0.5) is 10.5 Å². The van der Waals surface area contributed by atoms with Crippen molar-refractivity contribution in [2.75, 3.05) is 18.1 Å². The molecule has 1 amide bonds. The predicted molar refractivity (Wildman–Crippen MR) is 84.1 cm³/mol. The van der Waals surface area contributed by atoms with Gasteiger partial charge < -0.3 is 14.6 Å². The minimum atomic E-state index is -0.291.